The molecule has 0 spiro atoms. The van der Waals surface area contributed by atoms with E-state index in [4.69, 9.17) is 9.84 Å². The Morgan fingerprint density at radius 1 is 1.21 bits per heavy atom. The van der Waals surface area contributed by atoms with Crippen LogP contribution >= 0.6 is 0 Å². The molecule has 1 fully saturated rings. The number of amides is 2. The number of aliphatic carboxylic acids is 1. The van der Waals surface area contributed by atoms with Crippen LogP contribution in [0, 0.1) is 6.92 Å². The minimum Gasteiger partial charge on any atom is -0.479 e. The number of carbonyl (C=O) groups excluding carboxylic acids is 2. The fourth-order valence-electron chi connectivity index (χ4n) is 2.57. The first-order chi connectivity index (χ1) is 11.3. The molecular formula is C17H22N2O5. The smallest absolute Gasteiger partial charge is 0.332 e. The van der Waals surface area contributed by atoms with Crippen LogP contribution in [-0.2, 0) is 14.3 Å². The average molecular weight is 334 g/mol. The Bertz CT molecular complexity index is 656. The first-order valence-corrected chi connectivity index (χ1v) is 7.88. The van der Waals surface area contributed by atoms with Crippen LogP contribution in [0.4, 0.5) is 5.69 Å². The van der Waals surface area contributed by atoms with Crippen LogP contribution in [0.3, 0.4) is 0 Å². The summed E-state index contributed by atoms with van der Waals surface area (Å²) in [7, 11) is 0. The van der Waals surface area contributed by atoms with Gasteiger partial charge in [-0.05, 0) is 57.4 Å². The van der Waals surface area contributed by atoms with E-state index in [1.54, 1.807) is 25.1 Å². The number of nitrogens with one attached hydrogen (secondary N) is 2. The van der Waals surface area contributed by atoms with Crippen molar-refractivity contribution < 1.29 is 24.2 Å². The maximum absolute atomic E-state index is 12.2. The highest BCUT2D eigenvalue weighted by molar-refractivity contribution is 5.98. The van der Waals surface area contributed by atoms with Gasteiger partial charge in [0.1, 0.15) is 6.10 Å². The molecule has 1 aromatic rings. The van der Waals surface area contributed by atoms with Crippen molar-refractivity contribution in [2.24, 2.45) is 0 Å². The highest BCUT2D eigenvalue weighted by Crippen LogP contribution is 2.22. The largest absolute Gasteiger partial charge is 0.479 e. The van der Waals surface area contributed by atoms with Gasteiger partial charge in [0.05, 0.1) is 0 Å². The molecular weight excluding hydrogens is 312 g/mol. The summed E-state index contributed by atoms with van der Waals surface area (Å²) >= 11 is 0. The number of anilines is 1. The van der Waals surface area contributed by atoms with Gasteiger partial charge in [0.2, 0.25) is 0 Å². The third kappa shape index (κ3) is 4.32. The summed E-state index contributed by atoms with van der Waals surface area (Å²) in [5.74, 6) is -1.59. The summed E-state index contributed by atoms with van der Waals surface area (Å²) < 4.78 is 5.22. The number of benzene rings is 1. The highest BCUT2D eigenvalue weighted by Gasteiger charge is 2.34. The van der Waals surface area contributed by atoms with E-state index in [1.165, 1.54) is 0 Å². The number of carboxylic acid groups (broad SMARTS) is 1. The second-order valence-electron chi connectivity index (χ2n) is 6.18. The number of hydrogen-bond acceptors (Lipinski definition) is 4. The van der Waals surface area contributed by atoms with Crippen LogP contribution in [-0.4, -0.2) is 41.1 Å². The zero-order valence-corrected chi connectivity index (χ0v) is 14.0. The number of rotatable bonds is 5. The summed E-state index contributed by atoms with van der Waals surface area (Å²) in [6.07, 6.45) is -1.00. The minimum absolute atomic E-state index is 0.0398. The Morgan fingerprint density at radius 3 is 2.42 bits per heavy atom. The maximum atomic E-state index is 12.2. The van der Waals surface area contributed by atoms with Gasteiger partial charge in [-0.2, -0.15) is 0 Å². The van der Waals surface area contributed by atoms with Crippen molar-refractivity contribution in [1.82, 2.24) is 5.32 Å². The predicted octanol–water partition coefficient (Wildman–Crippen LogP) is 1.70. The van der Waals surface area contributed by atoms with E-state index >= 15 is 0 Å². The molecule has 2 atom stereocenters. The maximum Gasteiger partial charge on any atom is 0.332 e. The quantitative estimate of drug-likeness (QED) is 0.760. The van der Waals surface area contributed by atoms with Crippen LogP contribution in [0.15, 0.2) is 18.2 Å². The van der Waals surface area contributed by atoms with Gasteiger partial charge in [0, 0.05) is 17.3 Å². The van der Waals surface area contributed by atoms with Crippen LogP contribution in [0.5, 0.6) is 0 Å². The van der Waals surface area contributed by atoms with Gasteiger partial charge in [-0.3, -0.25) is 9.59 Å². The number of carboxylic acids is 1. The van der Waals surface area contributed by atoms with Crippen LogP contribution in [0.1, 0.15) is 42.6 Å². The van der Waals surface area contributed by atoms with E-state index in [9.17, 15) is 14.4 Å². The fourth-order valence-corrected chi connectivity index (χ4v) is 2.57. The zero-order chi connectivity index (χ0) is 17.9. The molecule has 3 N–H and O–H groups in total. The molecule has 0 bridgehead atoms. The van der Waals surface area contributed by atoms with E-state index in [0.717, 1.165) is 5.56 Å². The van der Waals surface area contributed by atoms with Gasteiger partial charge in [-0.1, -0.05) is 0 Å². The van der Waals surface area contributed by atoms with Crippen molar-refractivity contribution in [3.63, 3.8) is 0 Å². The van der Waals surface area contributed by atoms with Crippen molar-refractivity contribution in [3.8, 4) is 0 Å². The lowest BCUT2D eigenvalue weighted by Gasteiger charge is -2.14. The number of aryl methyl sites for hydroxylation is 1. The Labute approximate surface area is 140 Å². The molecule has 0 aromatic heterocycles. The summed E-state index contributed by atoms with van der Waals surface area (Å²) in [5, 5.41) is 14.4. The van der Waals surface area contributed by atoms with E-state index in [-0.39, 0.29) is 17.9 Å². The van der Waals surface area contributed by atoms with Crippen molar-refractivity contribution in [3.05, 3.63) is 29.3 Å². The van der Waals surface area contributed by atoms with Gasteiger partial charge < -0.3 is 20.5 Å². The first kappa shape index (κ1) is 17.9. The van der Waals surface area contributed by atoms with E-state index in [1.807, 2.05) is 13.8 Å². The molecule has 130 valence electrons. The number of carbonyl (C=O) groups is 3. The lowest BCUT2D eigenvalue weighted by molar-refractivity contribution is -0.150. The fraction of sp³-hybridized carbons (Fsp3) is 0.471. The molecule has 1 aliphatic rings. The van der Waals surface area contributed by atoms with Crippen molar-refractivity contribution in [2.75, 3.05) is 5.32 Å². The van der Waals surface area contributed by atoms with E-state index in [0.29, 0.717) is 24.1 Å². The summed E-state index contributed by atoms with van der Waals surface area (Å²) in [5.41, 5.74) is 1.83. The molecule has 2 rings (SSSR count). The molecule has 2 amide bonds. The third-order valence-corrected chi connectivity index (χ3v) is 3.75. The zero-order valence-electron chi connectivity index (χ0n) is 14.0. The Morgan fingerprint density at radius 2 is 1.88 bits per heavy atom. The Hall–Kier alpha value is -2.41. The molecule has 1 aromatic carbocycles. The van der Waals surface area contributed by atoms with Crippen LogP contribution in [0.25, 0.3) is 0 Å². The molecule has 1 saturated heterocycles. The second-order valence-corrected chi connectivity index (χ2v) is 6.18. The van der Waals surface area contributed by atoms with E-state index < -0.39 is 18.2 Å². The van der Waals surface area contributed by atoms with Gasteiger partial charge in [-0.25, -0.2) is 4.79 Å². The minimum atomic E-state index is -1.05. The second kappa shape index (κ2) is 7.44. The van der Waals surface area contributed by atoms with Gasteiger partial charge >= 0.3 is 5.97 Å². The van der Waals surface area contributed by atoms with Crippen LogP contribution < -0.4 is 10.6 Å². The normalized spacial score (nSPS) is 20.0. The van der Waals surface area contributed by atoms with Gasteiger partial charge in [-0.15, -0.1) is 0 Å². The predicted molar refractivity (Wildman–Crippen MR) is 87.9 cm³/mol. The topological polar surface area (TPSA) is 105 Å². The first-order valence-electron chi connectivity index (χ1n) is 7.88. The van der Waals surface area contributed by atoms with E-state index in [2.05, 4.69) is 10.6 Å². The molecule has 0 unspecified atom stereocenters. The summed E-state index contributed by atoms with van der Waals surface area (Å²) in [6, 6.07) is 5.04. The molecule has 0 aliphatic carbocycles. The number of hydrogen-bond donors (Lipinski definition) is 3. The average Bonchev–Trinajstić information content (AvgIpc) is 2.96. The van der Waals surface area contributed by atoms with Crippen molar-refractivity contribution in [1.29, 1.82) is 0 Å². The Balaban J connectivity index is 2.01. The molecule has 0 radical (unpaired) electrons. The lowest BCUT2D eigenvalue weighted by Crippen LogP contribution is -2.31. The third-order valence-electron chi connectivity index (χ3n) is 3.75. The van der Waals surface area contributed by atoms with Gasteiger partial charge in [0.15, 0.2) is 6.10 Å². The lowest BCUT2D eigenvalue weighted by atomic mass is 10.1. The standard InChI is InChI=1S/C17H22N2O5/c1-9(2)18-15(20)12-5-4-11(8-10(12)3)19-16(21)13-6-7-14(24-13)17(22)23/h4-5,8-9,13-14H,6-7H2,1-3H3,(H,18,20)(H,19,21)(H,22,23)/t13-,14+/m0/s1. The molecule has 7 nitrogen and oxygen atoms in total. The Kier molecular flexibility index (Phi) is 5.56. The van der Waals surface area contributed by atoms with Gasteiger partial charge in [0.25, 0.3) is 11.8 Å². The summed E-state index contributed by atoms with van der Waals surface area (Å²) in [4.78, 5) is 35.1. The number of ether oxygens (including phenoxy) is 1. The monoisotopic (exact) mass is 334 g/mol. The van der Waals surface area contributed by atoms with Crippen LogP contribution in [0.2, 0.25) is 0 Å². The summed E-state index contributed by atoms with van der Waals surface area (Å²) in [6.45, 7) is 5.55. The van der Waals surface area contributed by atoms with Crippen molar-refractivity contribution >= 4 is 23.5 Å². The molecule has 0 saturated carbocycles. The molecule has 24 heavy (non-hydrogen) atoms. The molecule has 7 heteroatoms. The SMILES string of the molecule is Cc1cc(NC(=O)[C@@H]2CC[C@H](C(=O)O)O2)ccc1C(=O)NC(C)C. The van der Waals surface area contributed by atoms with Crippen molar-refractivity contribution in [2.45, 2.75) is 51.9 Å². The molecule has 1 aliphatic heterocycles. The molecule has 1 heterocycles. The highest BCUT2D eigenvalue weighted by atomic mass is 16.5.